The number of hydrogen-bond acceptors (Lipinski definition) is 4. The van der Waals surface area contributed by atoms with Crippen molar-refractivity contribution in [3.63, 3.8) is 0 Å². The summed E-state index contributed by atoms with van der Waals surface area (Å²) in [5, 5.41) is 0. The highest BCUT2D eigenvalue weighted by Gasteiger charge is 2.27. The van der Waals surface area contributed by atoms with E-state index in [-0.39, 0.29) is 18.8 Å². The Balaban J connectivity index is 2.67. The summed E-state index contributed by atoms with van der Waals surface area (Å²) >= 11 is 0. The molecule has 0 N–H and O–H groups in total. The molecule has 18 heavy (non-hydrogen) atoms. The quantitative estimate of drug-likeness (QED) is 0.720. The van der Waals surface area contributed by atoms with E-state index in [0.717, 1.165) is 12.7 Å². The molecule has 0 aliphatic carbocycles. The van der Waals surface area contributed by atoms with Gasteiger partial charge < -0.3 is 0 Å². The Morgan fingerprint density at radius 1 is 0.944 bits per heavy atom. The molecule has 6 nitrogen and oxygen atoms in total. The van der Waals surface area contributed by atoms with Crippen LogP contribution in [-0.2, 0) is 20.0 Å². The van der Waals surface area contributed by atoms with Crippen LogP contribution in [0.2, 0.25) is 0 Å². The smallest absolute Gasteiger partial charge is 0.213 e. The van der Waals surface area contributed by atoms with Gasteiger partial charge >= 0.3 is 0 Å². The van der Waals surface area contributed by atoms with Crippen molar-refractivity contribution >= 4 is 20.0 Å². The summed E-state index contributed by atoms with van der Waals surface area (Å²) in [4.78, 5) is 0. The summed E-state index contributed by atoms with van der Waals surface area (Å²) in [6, 6.07) is 0. The second-order valence-electron chi connectivity index (χ2n) is 4.58. The molecule has 0 aromatic carbocycles. The van der Waals surface area contributed by atoms with Crippen LogP contribution in [0.5, 0.6) is 0 Å². The molecule has 108 valence electrons. The fraction of sp³-hybridized carbons (Fsp3) is 1.00. The topological polar surface area (TPSA) is 74.8 Å². The molecule has 1 fully saturated rings. The number of rotatable bonds is 5. The summed E-state index contributed by atoms with van der Waals surface area (Å²) in [6.45, 7) is 3.28. The molecular weight excluding hydrogens is 276 g/mol. The van der Waals surface area contributed by atoms with Crippen LogP contribution < -0.4 is 0 Å². The van der Waals surface area contributed by atoms with Gasteiger partial charge in [0.2, 0.25) is 20.0 Å². The molecule has 1 rings (SSSR count). The highest BCUT2D eigenvalue weighted by Crippen LogP contribution is 2.12. The van der Waals surface area contributed by atoms with E-state index in [1.54, 1.807) is 0 Å². The first kappa shape index (κ1) is 15.9. The van der Waals surface area contributed by atoms with Crippen molar-refractivity contribution < 1.29 is 16.8 Å². The van der Waals surface area contributed by atoms with Crippen LogP contribution in [0.3, 0.4) is 0 Å². The molecular formula is C10H22N2O4S2. The van der Waals surface area contributed by atoms with Crippen LogP contribution in [0.1, 0.15) is 26.2 Å². The van der Waals surface area contributed by atoms with E-state index in [1.165, 1.54) is 8.61 Å². The molecule has 0 amide bonds. The van der Waals surface area contributed by atoms with Crippen LogP contribution in [0.4, 0.5) is 0 Å². The summed E-state index contributed by atoms with van der Waals surface area (Å²) in [5.41, 5.74) is 0. The minimum absolute atomic E-state index is 0.155. The monoisotopic (exact) mass is 298 g/mol. The van der Waals surface area contributed by atoms with Gasteiger partial charge in [-0.1, -0.05) is 13.3 Å². The molecule has 1 saturated heterocycles. The van der Waals surface area contributed by atoms with Crippen LogP contribution in [0.25, 0.3) is 0 Å². The molecule has 8 heteroatoms. The number of hydrogen-bond donors (Lipinski definition) is 0. The molecule has 0 atom stereocenters. The molecule has 0 saturated carbocycles. The minimum Gasteiger partial charge on any atom is -0.213 e. The summed E-state index contributed by atoms with van der Waals surface area (Å²) < 4.78 is 49.6. The predicted molar refractivity (Wildman–Crippen MR) is 71.3 cm³/mol. The van der Waals surface area contributed by atoms with Gasteiger partial charge in [-0.25, -0.2) is 25.4 Å². The average molecular weight is 298 g/mol. The zero-order valence-electron chi connectivity index (χ0n) is 11.0. The first-order valence-electron chi connectivity index (χ1n) is 6.20. The molecule has 1 aliphatic rings. The maximum Gasteiger partial charge on any atom is 0.214 e. The van der Waals surface area contributed by atoms with Crippen LogP contribution in [0, 0.1) is 0 Å². The van der Waals surface area contributed by atoms with E-state index in [9.17, 15) is 16.8 Å². The molecule has 0 aromatic heterocycles. The molecule has 0 bridgehead atoms. The van der Waals surface area contributed by atoms with E-state index < -0.39 is 20.0 Å². The molecule has 1 aliphatic heterocycles. The van der Waals surface area contributed by atoms with Crippen molar-refractivity contribution in [2.75, 3.05) is 38.2 Å². The van der Waals surface area contributed by atoms with Gasteiger partial charge in [-0.05, 0) is 12.8 Å². The zero-order valence-corrected chi connectivity index (χ0v) is 12.6. The van der Waals surface area contributed by atoms with Gasteiger partial charge in [0.25, 0.3) is 0 Å². The van der Waals surface area contributed by atoms with Crippen LogP contribution >= 0.6 is 0 Å². The first-order valence-corrected chi connectivity index (χ1v) is 9.66. The highest BCUT2D eigenvalue weighted by molar-refractivity contribution is 7.89. The lowest BCUT2D eigenvalue weighted by atomic mass is 10.4. The van der Waals surface area contributed by atoms with Crippen molar-refractivity contribution in [2.24, 2.45) is 0 Å². The predicted octanol–water partition coefficient (Wildman–Crippen LogP) is 0.0836. The van der Waals surface area contributed by atoms with E-state index in [4.69, 9.17) is 0 Å². The Morgan fingerprint density at radius 3 is 2.06 bits per heavy atom. The second-order valence-corrected chi connectivity index (χ2v) is 8.66. The van der Waals surface area contributed by atoms with Crippen molar-refractivity contribution in [1.82, 2.24) is 8.61 Å². The van der Waals surface area contributed by atoms with Crippen molar-refractivity contribution in [3.05, 3.63) is 0 Å². The second kappa shape index (κ2) is 6.31. The van der Waals surface area contributed by atoms with E-state index in [2.05, 4.69) is 0 Å². The molecule has 0 aromatic rings. The van der Waals surface area contributed by atoms with Gasteiger partial charge in [-0.15, -0.1) is 0 Å². The Morgan fingerprint density at radius 2 is 1.50 bits per heavy atom. The molecule has 0 unspecified atom stereocenters. The summed E-state index contributed by atoms with van der Waals surface area (Å²) in [7, 11) is -6.45. The SMILES string of the molecule is CCCCS(=O)(=O)N1CCCN(S(C)(=O)=O)CC1. The van der Waals surface area contributed by atoms with Crippen LogP contribution in [0.15, 0.2) is 0 Å². The van der Waals surface area contributed by atoms with Gasteiger partial charge in [0, 0.05) is 26.2 Å². The van der Waals surface area contributed by atoms with Gasteiger partial charge in [0.1, 0.15) is 0 Å². The zero-order chi connectivity index (χ0) is 13.8. The van der Waals surface area contributed by atoms with Gasteiger partial charge in [-0.3, -0.25) is 0 Å². The van der Waals surface area contributed by atoms with Gasteiger partial charge in [0.05, 0.1) is 12.0 Å². The Labute approximate surface area is 110 Å². The lowest BCUT2D eigenvalue weighted by molar-refractivity contribution is 0.406. The van der Waals surface area contributed by atoms with Crippen molar-refractivity contribution in [2.45, 2.75) is 26.2 Å². The van der Waals surface area contributed by atoms with E-state index in [0.29, 0.717) is 25.9 Å². The van der Waals surface area contributed by atoms with E-state index in [1.807, 2.05) is 6.92 Å². The van der Waals surface area contributed by atoms with Gasteiger partial charge in [-0.2, -0.15) is 0 Å². The number of sulfonamides is 2. The number of unbranched alkanes of at least 4 members (excludes halogenated alkanes) is 1. The Kier molecular flexibility index (Phi) is 5.57. The molecule has 0 spiro atoms. The maximum atomic E-state index is 12.0. The lowest BCUT2D eigenvalue weighted by Crippen LogP contribution is -2.37. The van der Waals surface area contributed by atoms with Crippen molar-refractivity contribution in [1.29, 1.82) is 0 Å². The maximum absolute atomic E-state index is 12.0. The van der Waals surface area contributed by atoms with Crippen LogP contribution in [-0.4, -0.2) is 63.6 Å². The average Bonchev–Trinajstić information content (AvgIpc) is 2.51. The summed E-state index contributed by atoms with van der Waals surface area (Å²) in [5.74, 6) is 0.155. The van der Waals surface area contributed by atoms with E-state index >= 15 is 0 Å². The number of nitrogens with zero attached hydrogens (tertiary/aromatic N) is 2. The normalized spacial score (nSPS) is 20.8. The summed E-state index contributed by atoms with van der Waals surface area (Å²) in [6.07, 6.45) is 3.20. The van der Waals surface area contributed by atoms with Gasteiger partial charge in [0.15, 0.2) is 0 Å². The lowest BCUT2D eigenvalue weighted by Gasteiger charge is -2.20. The third-order valence-electron chi connectivity index (χ3n) is 3.03. The largest absolute Gasteiger partial charge is 0.214 e. The molecule has 0 radical (unpaired) electrons. The Bertz CT molecular complexity index is 458. The first-order chi connectivity index (χ1) is 8.27. The van der Waals surface area contributed by atoms with Crippen molar-refractivity contribution in [3.8, 4) is 0 Å². The third-order valence-corrected chi connectivity index (χ3v) is 6.29. The minimum atomic E-state index is -3.23. The fourth-order valence-electron chi connectivity index (χ4n) is 1.94. The third kappa shape index (κ3) is 4.49. The highest BCUT2D eigenvalue weighted by atomic mass is 32.2. The Hall–Kier alpha value is -0.180. The molecule has 1 heterocycles. The fourth-order valence-corrected chi connectivity index (χ4v) is 4.49. The standard InChI is InChI=1S/C10H22N2O4S2/c1-3-4-10-18(15,16)12-7-5-6-11(8-9-12)17(2,13)14/h3-10H2,1-2H3.